The van der Waals surface area contributed by atoms with Gasteiger partial charge in [0.25, 0.3) is 0 Å². The highest BCUT2D eigenvalue weighted by Crippen LogP contribution is 2.23. The van der Waals surface area contributed by atoms with Gasteiger partial charge in [-0.15, -0.1) is 0 Å². The molecule has 0 spiro atoms. The lowest BCUT2D eigenvalue weighted by Gasteiger charge is -2.18. The van der Waals surface area contributed by atoms with Gasteiger partial charge in [-0.2, -0.15) is 0 Å². The summed E-state index contributed by atoms with van der Waals surface area (Å²) in [6.07, 6.45) is 4.20. The second-order valence-corrected chi connectivity index (χ2v) is 6.20. The van der Waals surface area contributed by atoms with Crippen molar-refractivity contribution in [2.75, 3.05) is 28.6 Å². The zero-order chi connectivity index (χ0) is 17.1. The molecule has 3 aromatic rings. The summed E-state index contributed by atoms with van der Waals surface area (Å²) in [5.41, 5.74) is 3.59. The lowest BCUT2D eigenvalue weighted by Crippen LogP contribution is -2.20. The van der Waals surface area contributed by atoms with Crippen molar-refractivity contribution in [3.05, 3.63) is 60.8 Å². The molecule has 0 radical (unpaired) electrons. The molecule has 2 amide bonds. The molecule has 1 aliphatic heterocycles. The van der Waals surface area contributed by atoms with Crippen LogP contribution in [0.3, 0.4) is 0 Å². The highest BCUT2D eigenvalue weighted by molar-refractivity contribution is 6.05. The van der Waals surface area contributed by atoms with Crippen LogP contribution < -0.4 is 15.5 Å². The Labute approximate surface area is 146 Å². The van der Waals surface area contributed by atoms with E-state index in [1.165, 1.54) is 18.5 Å². The Balaban J connectivity index is 1.44. The summed E-state index contributed by atoms with van der Waals surface area (Å²) in [4.78, 5) is 19.0. The molecule has 1 saturated heterocycles. The fourth-order valence-corrected chi connectivity index (χ4v) is 3.22. The van der Waals surface area contributed by atoms with Crippen LogP contribution in [0.5, 0.6) is 0 Å². The van der Waals surface area contributed by atoms with Crippen molar-refractivity contribution in [2.45, 2.75) is 12.8 Å². The molecule has 126 valence electrons. The van der Waals surface area contributed by atoms with E-state index in [4.69, 9.17) is 0 Å². The highest BCUT2D eigenvalue weighted by atomic mass is 16.2. The molecule has 1 fully saturated rings. The van der Waals surface area contributed by atoms with Crippen molar-refractivity contribution in [3.63, 3.8) is 0 Å². The summed E-state index contributed by atoms with van der Waals surface area (Å²) < 4.78 is 0. The average molecular weight is 332 g/mol. The predicted octanol–water partition coefficient (Wildman–Crippen LogP) is 4.48. The van der Waals surface area contributed by atoms with E-state index in [0.717, 1.165) is 35.4 Å². The second-order valence-electron chi connectivity index (χ2n) is 6.20. The summed E-state index contributed by atoms with van der Waals surface area (Å²) in [6.45, 7) is 2.23. The minimum Gasteiger partial charge on any atom is -0.372 e. The largest absolute Gasteiger partial charge is 0.372 e. The standard InChI is InChI=1S/C20H20N4O/c25-20(23-19-11-12-21-18-6-2-1-5-17(18)19)22-15-7-9-16(10-8-15)24-13-3-4-14-24/h1-2,5-12H,3-4,13-14H2,(H2,21,22,23,25). The molecule has 5 heteroatoms. The second kappa shape index (κ2) is 6.81. The molecule has 0 saturated carbocycles. The van der Waals surface area contributed by atoms with Crippen LogP contribution in [-0.2, 0) is 0 Å². The SMILES string of the molecule is O=C(Nc1ccc(N2CCCC2)cc1)Nc1ccnc2ccccc12. The molecule has 2 N–H and O–H groups in total. The normalized spacial score (nSPS) is 13.8. The molecule has 4 rings (SSSR count). The van der Waals surface area contributed by atoms with Crippen molar-refractivity contribution in [2.24, 2.45) is 0 Å². The first-order valence-electron chi connectivity index (χ1n) is 8.56. The summed E-state index contributed by atoms with van der Waals surface area (Å²) in [7, 11) is 0. The van der Waals surface area contributed by atoms with Crippen molar-refractivity contribution in [1.82, 2.24) is 4.98 Å². The number of carbonyl (C=O) groups is 1. The van der Waals surface area contributed by atoms with Crippen molar-refractivity contribution in [1.29, 1.82) is 0 Å². The van der Waals surface area contributed by atoms with E-state index < -0.39 is 0 Å². The minimum absolute atomic E-state index is 0.259. The van der Waals surface area contributed by atoms with E-state index in [9.17, 15) is 4.79 Å². The van der Waals surface area contributed by atoms with Gasteiger partial charge in [0, 0.05) is 36.0 Å². The molecule has 1 aromatic heterocycles. The molecule has 2 aromatic carbocycles. The quantitative estimate of drug-likeness (QED) is 0.743. The number of nitrogens with zero attached hydrogens (tertiary/aromatic N) is 2. The number of pyridine rings is 1. The average Bonchev–Trinajstić information content (AvgIpc) is 3.17. The molecule has 5 nitrogen and oxygen atoms in total. The van der Waals surface area contributed by atoms with Crippen molar-refractivity contribution < 1.29 is 4.79 Å². The molecule has 25 heavy (non-hydrogen) atoms. The number of hydrogen-bond acceptors (Lipinski definition) is 3. The van der Waals surface area contributed by atoms with Crippen LogP contribution in [0, 0.1) is 0 Å². The Morgan fingerprint density at radius 2 is 1.68 bits per heavy atom. The van der Waals surface area contributed by atoms with Gasteiger partial charge < -0.3 is 15.5 Å². The summed E-state index contributed by atoms with van der Waals surface area (Å²) in [5, 5.41) is 6.71. The van der Waals surface area contributed by atoms with Crippen LogP contribution in [0.15, 0.2) is 60.8 Å². The molecule has 1 aliphatic rings. The maximum absolute atomic E-state index is 12.3. The number of benzene rings is 2. The van der Waals surface area contributed by atoms with Gasteiger partial charge in [-0.1, -0.05) is 18.2 Å². The van der Waals surface area contributed by atoms with Gasteiger partial charge in [-0.3, -0.25) is 4.98 Å². The van der Waals surface area contributed by atoms with E-state index in [0.29, 0.717) is 0 Å². The molecular formula is C20H20N4O. The fourth-order valence-electron chi connectivity index (χ4n) is 3.22. The van der Waals surface area contributed by atoms with Gasteiger partial charge in [-0.05, 0) is 49.2 Å². The van der Waals surface area contributed by atoms with E-state index in [-0.39, 0.29) is 6.03 Å². The molecule has 0 atom stereocenters. The highest BCUT2D eigenvalue weighted by Gasteiger charge is 2.12. The van der Waals surface area contributed by atoms with Crippen LogP contribution in [-0.4, -0.2) is 24.1 Å². The van der Waals surface area contributed by atoms with Gasteiger partial charge in [0.2, 0.25) is 0 Å². The first-order chi connectivity index (χ1) is 12.3. The third kappa shape index (κ3) is 3.40. The Kier molecular flexibility index (Phi) is 4.21. The lowest BCUT2D eigenvalue weighted by molar-refractivity contribution is 0.262. The molecular weight excluding hydrogens is 312 g/mol. The Morgan fingerprint density at radius 1 is 0.920 bits per heavy atom. The van der Waals surface area contributed by atoms with Crippen LogP contribution >= 0.6 is 0 Å². The number of fused-ring (bicyclic) bond motifs is 1. The number of amides is 2. The Morgan fingerprint density at radius 3 is 2.48 bits per heavy atom. The zero-order valence-electron chi connectivity index (χ0n) is 13.9. The number of aromatic nitrogens is 1. The molecule has 2 heterocycles. The monoisotopic (exact) mass is 332 g/mol. The number of nitrogens with one attached hydrogen (secondary N) is 2. The summed E-state index contributed by atoms with van der Waals surface area (Å²) >= 11 is 0. The Hall–Kier alpha value is -3.08. The third-order valence-electron chi connectivity index (χ3n) is 4.49. The first-order valence-corrected chi connectivity index (χ1v) is 8.56. The number of hydrogen-bond donors (Lipinski definition) is 2. The lowest BCUT2D eigenvalue weighted by atomic mass is 10.2. The molecule has 0 unspecified atom stereocenters. The maximum atomic E-state index is 12.3. The number of anilines is 3. The van der Waals surface area contributed by atoms with E-state index >= 15 is 0 Å². The fraction of sp³-hybridized carbons (Fsp3) is 0.200. The van der Waals surface area contributed by atoms with Gasteiger partial charge in [0.05, 0.1) is 11.2 Å². The third-order valence-corrected chi connectivity index (χ3v) is 4.49. The number of urea groups is 1. The Bertz CT molecular complexity index is 880. The number of carbonyl (C=O) groups excluding carboxylic acids is 1. The van der Waals surface area contributed by atoms with E-state index in [1.807, 2.05) is 36.4 Å². The van der Waals surface area contributed by atoms with Crippen LogP contribution in [0.25, 0.3) is 10.9 Å². The van der Waals surface area contributed by atoms with Gasteiger partial charge >= 0.3 is 6.03 Å². The van der Waals surface area contributed by atoms with E-state index in [1.54, 1.807) is 12.3 Å². The van der Waals surface area contributed by atoms with Crippen LogP contribution in [0.2, 0.25) is 0 Å². The van der Waals surface area contributed by atoms with Crippen LogP contribution in [0.1, 0.15) is 12.8 Å². The summed E-state index contributed by atoms with van der Waals surface area (Å²) in [5.74, 6) is 0. The van der Waals surface area contributed by atoms with Crippen LogP contribution in [0.4, 0.5) is 21.9 Å². The van der Waals surface area contributed by atoms with Crippen molar-refractivity contribution in [3.8, 4) is 0 Å². The number of para-hydroxylation sites is 1. The zero-order valence-corrected chi connectivity index (χ0v) is 13.9. The topological polar surface area (TPSA) is 57.3 Å². The summed E-state index contributed by atoms with van der Waals surface area (Å²) in [6, 6.07) is 17.3. The van der Waals surface area contributed by atoms with Gasteiger partial charge in [0.15, 0.2) is 0 Å². The van der Waals surface area contributed by atoms with Gasteiger partial charge in [0.1, 0.15) is 0 Å². The van der Waals surface area contributed by atoms with Gasteiger partial charge in [-0.25, -0.2) is 4.79 Å². The smallest absolute Gasteiger partial charge is 0.323 e. The predicted molar refractivity (Wildman–Crippen MR) is 102 cm³/mol. The first kappa shape index (κ1) is 15.4. The maximum Gasteiger partial charge on any atom is 0.323 e. The number of rotatable bonds is 3. The molecule has 0 bridgehead atoms. The molecule has 0 aliphatic carbocycles. The minimum atomic E-state index is -0.259. The van der Waals surface area contributed by atoms with E-state index in [2.05, 4.69) is 32.7 Å². The van der Waals surface area contributed by atoms with Crippen molar-refractivity contribution >= 4 is 34.0 Å².